The van der Waals surface area contributed by atoms with Crippen LogP contribution in [0, 0.1) is 5.82 Å². The minimum atomic E-state index is -4.13. The van der Waals surface area contributed by atoms with Gasteiger partial charge >= 0.3 is 5.97 Å². The Hall–Kier alpha value is -2.59. The molecule has 1 fully saturated rings. The average molecular weight is 412 g/mol. The zero-order valence-corrected chi connectivity index (χ0v) is 16.5. The molecule has 2 aromatic rings. The van der Waals surface area contributed by atoms with Gasteiger partial charge in [0, 0.05) is 19.2 Å². The maximum Gasteiger partial charge on any atom is 0.374 e. The molecule has 2 atom stereocenters. The van der Waals surface area contributed by atoms with Gasteiger partial charge in [-0.3, -0.25) is 4.72 Å². The number of esters is 1. The van der Waals surface area contributed by atoms with Crippen LogP contribution in [0.3, 0.4) is 0 Å². The Balaban J connectivity index is 1.78. The molecule has 2 heterocycles. The van der Waals surface area contributed by atoms with Crippen molar-refractivity contribution in [3.8, 4) is 0 Å². The Labute approximate surface area is 162 Å². The lowest BCUT2D eigenvalue weighted by Gasteiger charge is -2.37. The molecule has 0 amide bonds. The van der Waals surface area contributed by atoms with Gasteiger partial charge in [-0.15, -0.1) is 0 Å². The van der Waals surface area contributed by atoms with E-state index in [1.54, 1.807) is 0 Å². The fourth-order valence-electron chi connectivity index (χ4n) is 3.08. The van der Waals surface area contributed by atoms with Crippen molar-refractivity contribution in [1.29, 1.82) is 0 Å². The van der Waals surface area contributed by atoms with Gasteiger partial charge in [0.15, 0.2) is 0 Å². The molecule has 1 N–H and O–H groups in total. The zero-order valence-electron chi connectivity index (χ0n) is 15.6. The molecule has 1 aliphatic heterocycles. The molecule has 0 radical (unpaired) electrons. The van der Waals surface area contributed by atoms with E-state index in [9.17, 15) is 17.6 Å². The number of furan rings is 1. The molecule has 28 heavy (non-hydrogen) atoms. The minimum absolute atomic E-state index is 0.0339. The summed E-state index contributed by atoms with van der Waals surface area (Å²) >= 11 is 0. The number of morpholine rings is 1. The van der Waals surface area contributed by atoms with Gasteiger partial charge in [-0.1, -0.05) is 0 Å². The monoisotopic (exact) mass is 412 g/mol. The van der Waals surface area contributed by atoms with E-state index in [0.717, 1.165) is 19.2 Å². The topological polar surface area (TPSA) is 98.1 Å². The lowest BCUT2D eigenvalue weighted by atomic mass is 10.2. The number of benzene rings is 1. The molecule has 10 heteroatoms. The van der Waals surface area contributed by atoms with Crippen molar-refractivity contribution in [2.45, 2.75) is 31.1 Å². The second-order valence-corrected chi connectivity index (χ2v) is 8.16. The summed E-state index contributed by atoms with van der Waals surface area (Å²) in [6.07, 6.45) is -0.0754. The van der Waals surface area contributed by atoms with E-state index >= 15 is 0 Å². The van der Waals surface area contributed by atoms with Gasteiger partial charge in [0.2, 0.25) is 10.9 Å². The largest absolute Gasteiger partial charge is 0.463 e. The van der Waals surface area contributed by atoms with E-state index in [-0.39, 0.29) is 23.7 Å². The van der Waals surface area contributed by atoms with E-state index < -0.39 is 26.9 Å². The SMILES string of the molecule is COC(=O)c1ccc(S(=O)(=O)Nc2ccc(N3C[C@@H](C)O[C@H](C)C3)c(F)c2)o1. The molecular formula is C18H21FN2O6S. The molecule has 0 saturated carbocycles. The molecule has 1 aromatic carbocycles. The summed E-state index contributed by atoms with van der Waals surface area (Å²) in [6.45, 7) is 4.90. The Bertz CT molecular complexity index is 964. The van der Waals surface area contributed by atoms with Crippen LogP contribution < -0.4 is 9.62 Å². The molecule has 152 valence electrons. The van der Waals surface area contributed by atoms with Crippen LogP contribution in [-0.2, 0) is 19.5 Å². The van der Waals surface area contributed by atoms with E-state index in [0.29, 0.717) is 18.8 Å². The molecule has 0 spiro atoms. The highest BCUT2D eigenvalue weighted by Crippen LogP contribution is 2.27. The number of methoxy groups -OCH3 is 1. The number of sulfonamides is 1. The van der Waals surface area contributed by atoms with E-state index in [2.05, 4.69) is 9.46 Å². The lowest BCUT2D eigenvalue weighted by Crippen LogP contribution is -2.45. The summed E-state index contributed by atoms with van der Waals surface area (Å²) in [5, 5.41) is -0.479. The number of nitrogens with one attached hydrogen (secondary N) is 1. The van der Waals surface area contributed by atoms with Crippen molar-refractivity contribution in [2.24, 2.45) is 0 Å². The smallest absolute Gasteiger partial charge is 0.374 e. The first-order valence-corrected chi connectivity index (χ1v) is 10.1. The number of carbonyl (C=O) groups is 1. The number of hydrogen-bond acceptors (Lipinski definition) is 7. The Morgan fingerprint density at radius 3 is 2.50 bits per heavy atom. The zero-order chi connectivity index (χ0) is 20.5. The van der Waals surface area contributed by atoms with E-state index in [4.69, 9.17) is 9.15 Å². The third-order valence-corrected chi connectivity index (χ3v) is 5.45. The minimum Gasteiger partial charge on any atom is -0.463 e. The van der Waals surface area contributed by atoms with Gasteiger partial charge in [-0.25, -0.2) is 9.18 Å². The highest BCUT2D eigenvalue weighted by molar-refractivity contribution is 7.92. The summed E-state index contributed by atoms with van der Waals surface area (Å²) in [5.74, 6) is -1.61. The highest BCUT2D eigenvalue weighted by atomic mass is 32.2. The quantitative estimate of drug-likeness (QED) is 0.754. The number of rotatable bonds is 5. The van der Waals surface area contributed by atoms with Crippen molar-refractivity contribution in [1.82, 2.24) is 0 Å². The van der Waals surface area contributed by atoms with Crippen LogP contribution >= 0.6 is 0 Å². The Kier molecular flexibility index (Phi) is 5.61. The lowest BCUT2D eigenvalue weighted by molar-refractivity contribution is -0.00539. The standard InChI is InChI=1S/C18H21FN2O6S/c1-11-9-21(10-12(2)26-11)15-5-4-13(8-14(15)19)20-28(23,24)17-7-6-16(27-17)18(22)25-3/h4-8,11-12,20H,9-10H2,1-3H3/t11-,12-/m1/s1. The van der Waals surface area contributed by atoms with Gasteiger partial charge in [-0.2, -0.15) is 8.42 Å². The third-order valence-electron chi connectivity index (χ3n) is 4.19. The van der Waals surface area contributed by atoms with Crippen molar-refractivity contribution < 1.29 is 31.5 Å². The number of carbonyl (C=O) groups excluding carboxylic acids is 1. The van der Waals surface area contributed by atoms with Gasteiger partial charge in [0.1, 0.15) is 5.82 Å². The van der Waals surface area contributed by atoms with Crippen molar-refractivity contribution in [2.75, 3.05) is 29.8 Å². The summed E-state index contributed by atoms with van der Waals surface area (Å²) in [6, 6.07) is 6.38. The average Bonchev–Trinajstić information content (AvgIpc) is 3.11. The predicted molar refractivity (Wildman–Crippen MR) is 99.5 cm³/mol. The molecule has 1 aliphatic rings. The Morgan fingerprint density at radius 1 is 1.21 bits per heavy atom. The van der Waals surface area contributed by atoms with Crippen LogP contribution in [0.1, 0.15) is 24.4 Å². The molecule has 0 aliphatic carbocycles. The van der Waals surface area contributed by atoms with Gasteiger partial charge < -0.3 is 18.8 Å². The molecular weight excluding hydrogens is 391 g/mol. The van der Waals surface area contributed by atoms with E-state index in [1.807, 2.05) is 18.7 Å². The second kappa shape index (κ2) is 7.80. The summed E-state index contributed by atoms with van der Waals surface area (Å²) < 4.78 is 56.8. The van der Waals surface area contributed by atoms with Crippen LogP contribution in [0.15, 0.2) is 39.8 Å². The molecule has 0 bridgehead atoms. The van der Waals surface area contributed by atoms with Crippen LogP contribution in [0.4, 0.5) is 15.8 Å². The predicted octanol–water partition coefficient (Wildman–Crippen LogP) is 2.62. The first-order chi connectivity index (χ1) is 13.2. The van der Waals surface area contributed by atoms with Crippen LogP contribution in [0.2, 0.25) is 0 Å². The first-order valence-electron chi connectivity index (χ1n) is 8.60. The Morgan fingerprint density at radius 2 is 1.89 bits per heavy atom. The molecule has 3 rings (SSSR count). The third kappa shape index (κ3) is 4.28. The van der Waals surface area contributed by atoms with Crippen molar-refractivity contribution >= 4 is 27.4 Å². The number of hydrogen-bond donors (Lipinski definition) is 1. The molecule has 1 aromatic heterocycles. The number of ether oxygens (including phenoxy) is 2. The molecule has 8 nitrogen and oxygen atoms in total. The van der Waals surface area contributed by atoms with Crippen LogP contribution in [-0.4, -0.2) is 46.8 Å². The second-order valence-electron chi connectivity index (χ2n) is 6.54. The first kappa shape index (κ1) is 20.2. The maximum atomic E-state index is 14.6. The molecule has 0 unspecified atom stereocenters. The molecule has 1 saturated heterocycles. The fraction of sp³-hybridized carbons (Fsp3) is 0.389. The van der Waals surface area contributed by atoms with Gasteiger partial charge in [-0.05, 0) is 38.1 Å². The number of nitrogens with zero attached hydrogens (tertiary/aromatic N) is 1. The number of halogens is 1. The van der Waals surface area contributed by atoms with E-state index in [1.165, 1.54) is 18.2 Å². The maximum absolute atomic E-state index is 14.6. The van der Waals surface area contributed by atoms with Crippen molar-refractivity contribution in [3.63, 3.8) is 0 Å². The van der Waals surface area contributed by atoms with Crippen molar-refractivity contribution in [3.05, 3.63) is 41.9 Å². The fourth-order valence-corrected chi connectivity index (χ4v) is 4.07. The summed E-state index contributed by atoms with van der Waals surface area (Å²) in [4.78, 5) is 13.3. The van der Waals surface area contributed by atoms with Gasteiger partial charge in [0.05, 0.1) is 30.7 Å². The van der Waals surface area contributed by atoms with Gasteiger partial charge in [0.25, 0.3) is 10.0 Å². The number of anilines is 2. The summed E-state index contributed by atoms with van der Waals surface area (Å²) in [5.41, 5.74) is 0.405. The summed E-state index contributed by atoms with van der Waals surface area (Å²) in [7, 11) is -2.98. The van der Waals surface area contributed by atoms with Crippen LogP contribution in [0.5, 0.6) is 0 Å². The normalized spacial score (nSPS) is 20.1. The van der Waals surface area contributed by atoms with Crippen LogP contribution in [0.25, 0.3) is 0 Å². The highest BCUT2D eigenvalue weighted by Gasteiger charge is 2.25.